The SMILES string of the molecule is Cc1ccc(S(=O)(=O)NCCOc2cc(C)c(C)cc2C)c(C)c1. The third-order valence-corrected chi connectivity index (χ3v) is 5.68. The van der Waals surface area contributed by atoms with E-state index in [2.05, 4.69) is 17.7 Å². The Morgan fingerprint density at radius 1 is 0.875 bits per heavy atom. The van der Waals surface area contributed by atoms with Crippen LogP contribution in [0.15, 0.2) is 35.2 Å². The minimum absolute atomic E-state index is 0.224. The quantitative estimate of drug-likeness (QED) is 0.813. The van der Waals surface area contributed by atoms with Crippen molar-refractivity contribution in [3.63, 3.8) is 0 Å². The van der Waals surface area contributed by atoms with Gasteiger partial charge in [0.15, 0.2) is 0 Å². The number of nitrogens with one attached hydrogen (secondary N) is 1. The lowest BCUT2D eigenvalue weighted by Gasteiger charge is -2.13. The van der Waals surface area contributed by atoms with Crippen molar-refractivity contribution in [1.29, 1.82) is 0 Å². The summed E-state index contributed by atoms with van der Waals surface area (Å²) >= 11 is 0. The van der Waals surface area contributed by atoms with E-state index in [0.717, 1.165) is 28.0 Å². The molecule has 4 nitrogen and oxygen atoms in total. The molecular formula is C19H25NO3S. The highest BCUT2D eigenvalue weighted by molar-refractivity contribution is 7.89. The van der Waals surface area contributed by atoms with Crippen LogP contribution in [0.5, 0.6) is 5.75 Å². The van der Waals surface area contributed by atoms with E-state index in [9.17, 15) is 8.42 Å². The largest absolute Gasteiger partial charge is 0.492 e. The summed E-state index contributed by atoms with van der Waals surface area (Å²) in [5.41, 5.74) is 5.21. The molecule has 0 radical (unpaired) electrons. The van der Waals surface area contributed by atoms with Gasteiger partial charge in [-0.15, -0.1) is 0 Å². The molecule has 0 atom stereocenters. The highest BCUT2D eigenvalue weighted by Crippen LogP contribution is 2.22. The van der Waals surface area contributed by atoms with Gasteiger partial charge in [0, 0.05) is 6.54 Å². The van der Waals surface area contributed by atoms with E-state index in [1.54, 1.807) is 19.1 Å². The third-order valence-electron chi connectivity index (χ3n) is 4.06. The summed E-state index contributed by atoms with van der Waals surface area (Å²) < 4.78 is 33.1. The van der Waals surface area contributed by atoms with E-state index < -0.39 is 10.0 Å². The lowest BCUT2D eigenvalue weighted by atomic mass is 10.1. The molecule has 0 spiro atoms. The second-order valence-corrected chi connectivity index (χ2v) is 7.95. The Labute approximate surface area is 144 Å². The Bertz CT molecular complexity index is 842. The highest BCUT2D eigenvalue weighted by Gasteiger charge is 2.16. The molecule has 2 aromatic rings. The van der Waals surface area contributed by atoms with E-state index in [1.807, 2.05) is 32.9 Å². The Kier molecular flexibility index (Phi) is 5.67. The summed E-state index contributed by atoms with van der Waals surface area (Å²) in [6.45, 7) is 10.3. The van der Waals surface area contributed by atoms with Gasteiger partial charge in [0.2, 0.25) is 10.0 Å². The Morgan fingerprint density at radius 3 is 2.21 bits per heavy atom. The van der Waals surface area contributed by atoms with Crippen molar-refractivity contribution in [1.82, 2.24) is 4.72 Å². The van der Waals surface area contributed by atoms with Gasteiger partial charge < -0.3 is 4.74 Å². The zero-order valence-electron chi connectivity index (χ0n) is 14.9. The molecule has 1 N–H and O–H groups in total. The van der Waals surface area contributed by atoms with Crippen LogP contribution in [0.25, 0.3) is 0 Å². The maximum absolute atomic E-state index is 12.4. The predicted molar refractivity (Wildman–Crippen MR) is 97.3 cm³/mol. The summed E-state index contributed by atoms with van der Waals surface area (Å²) in [4.78, 5) is 0.315. The summed E-state index contributed by atoms with van der Waals surface area (Å²) in [5, 5.41) is 0. The van der Waals surface area contributed by atoms with Crippen molar-refractivity contribution >= 4 is 10.0 Å². The van der Waals surface area contributed by atoms with Gasteiger partial charge in [-0.2, -0.15) is 0 Å². The van der Waals surface area contributed by atoms with E-state index in [-0.39, 0.29) is 13.2 Å². The number of rotatable bonds is 6. The first kappa shape index (κ1) is 18.5. The second-order valence-electron chi connectivity index (χ2n) is 6.22. The molecule has 0 aliphatic rings. The average molecular weight is 347 g/mol. The predicted octanol–water partition coefficient (Wildman–Crippen LogP) is 3.59. The summed E-state index contributed by atoms with van der Waals surface area (Å²) in [6.07, 6.45) is 0. The molecule has 0 unspecified atom stereocenters. The standard InChI is InChI=1S/C19H25NO3S/c1-13-6-7-19(17(5)10-13)24(21,22)20-8-9-23-18-12-15(3)14(2)11-16(18)4/h6-7,10-12,20H,8-9H2,1-5H3. The smallest absolute Gasteiger partial charge is 0.240 e. The number of sulfonamides is 1. The van der Waals surface area contributed by atoms with Crippen LogP contribution in [0.2, 0.25) is 0 Å². The van der Waals surface area contributed by atoms with Crippen molar-refractivity contribution in [2.45, 2.75) is 39.5 Å². The van der Waals surface area contributed by atoms with Gasteiger partial charge in [0.1, 0.15) is 12.4 Å². The summed E-state index contributed by atoms with van der Waals surface area (Å²) in [6, 6.07) is 9.37. The highest BCUT2D eigenvalue weighted by atomic mass is 32.2. The minimum Gasteiger partial charge on any atom is -0.492 e. The van der Waals surface area contributed by atoms with Crippen molar-refractivity contribution < 1.29 is 13.2 Å². The first-order valence-corrected chi connectivity index (χ1v) is 9.46. The molecule has 0 heterocycles. The number of aryl methyl sites for hydroxylation is 5. The molecule has 2 rings (SSSR count). The third kappa shape index (κ3) is 4.36. The van der Waals surface area contributed by atoms with Gasteiger partial charge in [0.25, 0.3) is 0 Å². The van der Waals surface area contributed by atoms with Crippen LogP contribution in [-0.4, -0.2) is 21.6 Å². The van der Waals surface area contributed by atoms with Crippen LogP contribution in [-0.2, 0) is 10.0 Å². The fourth-order valence-electron chi connectivity index (χ4n) is 2.61. The summed E-state index contributed by atoms with van der Waals surface area (Å²) in [5.74, 6) is 0.795. The number of ether oxygens (including phenoxy) is 1. The zero-order valence-corrected chi connectivity index (χ0v) is 15.8. The molecule has 0 bridgehead atoms. The van der Waals surface area contributed by atoms with Gasteiger partial charge in [-0.1, -0.05) is 23.8 Å². The van der Waals surface area contributed by atoms with Crippen LogP contribution >= 0.6 is 0 Å². The molecule has 130 valence electrons. The molecule has 24 heavy (non-hydrogen) atoms. The monoisotopic (exact) mass is 347 g/mol. The van der Waals surface area contributed by atoms with E-state index in [0.29, 0.717) is 4.90 Å². The van der Waals surface area contributed by atoms with Crippen LogP contribution in [0.4, 0.5) is 0 Å². The lowest BCUT2D eigenvalue weighted by molar-refractivity contribution is 0.320. The molecule has 2 aromatic carbocycles. The molecule has 0 saturated carbocycles. The number of benzene rings is 2. The van der Waals surface area contributed by atoms with Gasteiger partial charge >= 0.3 is 0 Å². The van der Waals surface area contributed by atoms with Gasteiger partial charge in [-0.25, -0.2) is 13.1 Å². The molecule has 0 saturated heterocycles. The fraction of sp³-hybridized carbons (Fsp3) is 0.368. The van der Waals surface area contributed by atoms with Crippen molar-refractivity contribution in [3.05, 3.63) is 58.1 Å². The minimum atomic E-state index is -3.52. The molecule has 0 amide bonds. The maximum Gasteiger partial charge on any atom is 0.240 e. The first-order valence-electron chi connectivity index (χ1n) is 7.98. The maximum atomic E-state index is 12.4. The van der Waals surface area contributed by atoms with Crippen LogP contribution in [0, 0.1) is 34.6 Å². The Morgan fingerprint density at radius 2 is 1.54 bits per heavy atom. The number of hydrogen-bond donors (Lipinski definition) is 1. The first-order chi connectivity index (χ1) is 11.2. The van der Waals surface area contributed by atoms with Crippen LogP contribution in [0.3, 0.4) is 0 Å². The zero-order chi connectivity index (χ0) is 17.9. The normalized spacial score (nSPS) is 11.5. The molecular weight excluding hydrogens is 322 g/mol. The Balaban J connectivity index is 1.98. The molecule has 0 aromatic heterocycles. The van der Waals surface area contributed by atoms with Gasteiger partial charge in [-0.05, 0) is 69.0 Å². The lowest BCUT2D eigenvalue weighted by Crippen LogP contribution is -2.28. The van der Waals surface area contributed by atoms with Gasteiger partial charge in [0.05, 0.1) is 4.90 Å². The van der Waals surface area contributed by atoms with Gasteiger partial charge in [-0.3, -0.25) is 0 Å². The van der Waals surface area contributed by atoms with Crippen molar-refractivity contribution in [2.24, 2.45) is 0 Å². The molecule has 5 heteroatoms. The van der Waals surface area contributed by atoms with E-state index in [1.165, 1.54) is 5.56 Å². The van der Waals surface area contributed by atoms with Crippen LogP contribution < -0.4 is 9.46 Å². The van der Waals surface area contributed by atoms with Crippen molar-refractivity contribution in [3.8, 4) is 5.75 Å². The molecule has 0 aliphatic carbocycles. The average Bonchev–Trinajstić information content (AvgIpc) is 2.48. The molecule has 0 aliphatic heterocycles. The van der Waals surface area contributed by atoms with Crippen LogP contribution in [0.1, 0.15) is 27.8 Å². The summed E-state index contributed by atoms with van der Waals surface area (Å²) in [7, 11) is -3.52. The number of hydrogen-bond acceptors (Lipinski definition) is 3. The second kappa shape index (κ2) is 7.36. The Hall–Kier alpha value is -1.85. The van der Waals surface area contributed by atoms with E-state index >= 15 is 0 Å². The topological polar surface area (TPSA) is 55.4 Å². The molecule has 0 fully saturated rings. The van der Waals surface area contributed by atoms with E-state index in [4.69, 9.17) is 4.74 Å². The fourth-order valence-corrected chi connectivity index (χ4v) is 3.84. The van der Waals surface area contributed by atoms with Crippen molar-refractivity contribution in [2.75, 3.05) is 13.2 Å².